The first-order chi connectivity index (χ1) is 16.2. The van der Waals surface area contributed by atoms with E-state index in [1.807, 2.05) is 12.1 Å². The second-order valence-corrected chi connectivity index (χ2v) is 7.44. The lowest BCUT2D eigenvalue weighted by Crippen LogP contribution is -2.56. The number of ether oxygens (including phenoxy) is 1. The lowest BCUT2D eigenvalue weighted by molar-refractivity contribution is -0.385. The van der Waals surface area contributed by atoms with E-state index >= 15 is 0 Å². The maximum absolute atomic E-state index is 13.1. The minimum atomic E-state index is -2.06. The lowest BCUT2D eigenvalue weighted by atomic mass is 9.60. The molecule has 1 saturated heterocycles. The number of piperidine rings is 1. The second-order valence-electron chi connectivity index (χ2n) is 7.44. The fraction of sp³-hybridized carbons (Fsp3) is 0.273. The molecular weight excluding hydrogens is 446 g/mol. The molecule has 3 unspecified atom stereocenters. The van der Waals surface area contributed by atoms with Gasteiger partial charge in [0.15, 0.2) is 5.41 Å². The Morgan fingerprint density at radius 1 is 1.00 bits per heavy atom. The molecule has 1 fully saturated rings. The molecule has 1 heterocycles. The molecule has 172 valence electrons. The Labute approximate surface area is 192 Å². The first-order valence-corrected chi connectivity index (χ1v) is 9.98. The van der Waals surface area contributed by atoms with Crippen molar-refractivity contribution in [2.45, 2.75) is 18.9 Å². The highest BCUT2D eigenvalue weighted by molar-refractivity contribution is 6.00. The van der Waals surface area contributed by atoms with Gasteiger partial charge in [-0.25, -0.2) is 0 Å². The molecule has 2 aromatic rings. The molecule has 3 atom stereocenters. The molecule has 2 aromatic carbocycles. The largest absolute Gasteiger partial charge is 0.465 e. The molecule has 0 radical (unpaired) electrons. The van der Waals surface area contributed by atoms with Crippen molar-refractivity contribution in [1.82, 2.24) is 5.32 Å². The van der Waals surface area contributed by atoms with E-state index in [1.54, 1.807) is 0 Å². The van der Waals surface area contributed by atoms with E-state index in [4.69, 9.17) is 4.74 Å². The third-order valence-electron chi connectivity index (χ3n) is 5.66. The fourth-order valence-corrected chi connectivity index (χ4v) is 4.10. The highest BCUT2D eigenvalue weighted by Gasteiger charge is 2.60. The van der Waals surface area contributed by atoms with Crippen molar-refractivity contribution >= 4 is 23.3 Å². The number of amides is 1. The Morgan fingerprint density at radius 3 is 1.88 bits per heavy atom. The average molecular weight is 463 g/mol. The van der Waals surface area contributed by atoms with Gasteiger partial charge in [0.2, 0.25) is 5.91 Å². The van der Waals surface area contributed by atoms with Gasteiger partial charge < -0.3 is 10.1 Å². The zero-order valence-electron chi connectivity index (χ0n) is 17.7. The third kappa shape index (κ3) is 4.00. The second kappa shape index (κ2) is 9.34. The zero-order valence-corrected chi connectivity index (χ0v) is 17.7. The number of non-ortho nitro benzene ring substituents is 2. The Bertz CT molecular complexity index is 1210. The van der Waals surface area contributed by atoms with Crippen molar-refractivity contribution in [3.05, 3.63) is 79.9 Å². The normalized spacial score (nSPS) is 20.8. The van der Waals surface area contributed by atoms with Crippen LogP contribution in [0.5, 0.6) is 0 Å². The monoisotopic (exact) mass is 463 g/mol. The van der Waals surface area contributed by atoms with E-state index in [0.717, 1.165) is 12.1 Å². The van der Waals surface area contributed by atoms with Gasteiger partial charge in [0.05, 0.1) is 34.6 Å². The van der Waals surface area contributed by atoms with Crippen molar-refractivity contribution in [3.8, 4) is 12.1 Å². The van der Waals surface area contributed by atoms with Crippen molar-refractivity contribution in [2.75, 3.05) is 6.61 Å². The minimum Gasteiger partial charge on any atom is -0.465 e. The van der Waals surface area contributed by atoms with Crippen molar-refractivity contribution in [1.29, 1.82) is 10.5 Å². The van der Waals surface area contributed by atoms with Crippen LogP contribution in [0.15, 0.2) is 48.5 Å². The fourth-order valence-electron chi connectivity index (χ4n) is 4.10. The predicted molar refractivity (Wildman–Crippen MR) is 114 cm³/mol. The van der Waals surface area contributed by atoms with Gasteiger partial charge in [-0.2, -0.15) is 10.5 Å². The van der Waals surface area contributed by atoms with Gasteiger partial charge in [-0.15, -0.1) is 0 Å². The van der Waals surface area contributed by atoms with E-state index in [0.29, 0.717) is 0 Å². The number of hydrogen-bond acceptors (Lipinski definition) is 9. The summed E-state index contributed by atoms with van der Waals surface area (Å²) in [5.74, 6) is -4.71. The summed E-state index contributed by atoms with van der Waals surface area (Å²) in [6.07, 6.45) is 0. The van der Waals surface area contributed by atoms with Crippen LogP contribution in [0.1, 0.15) is 30.0 Å². The summed E-state index contributed by atoms with van der Waals surface area (Å²) >= 11 is 0. The number of nitro groups is 2. The molecule has 0 bridgehead atoms. The molecular formula is C22H17N5O7. The first kappa shape index (κ1) is 23.8. The van der Waals surface area contributed by atoms with Crippen LogP contribution in [0, 0.1) is 54.2 Å². The van der Waals surface area contributed by atoms with Crippen LogP contribution in [0.25, 0.3) is 0 Å². The van der Waals surface area contributed by atoms with E-state index in [9.17, 15) is 40.3 Å². The summed E-state index contributed by atoms with van der Waals surface area (Å²) in [6.45, 7) is 1.47. The molecule has 0 aliphatic carbocycles. The van der Waals surface area contributed by atoms with E-state index < -0.39 is 45.0 Å². The smallest absolute Gasteiger partial charge is 0.319 e. The van der Waals surface area contributed by atoms with E-state index in [2.05, 4.69) is 5.32 Å². The van der Waals surface area contributed by atoms with Crippen LogP contribution in [-0.4, -0.2) is 28.3 Å². The van der Waals surface area contributed by atoms with Gasteiger partial charge in [-0.3, -0.25) is 29.8 Å². The SMILES string of the molecule is CCOC(=O)C1C(=O)NC(c2ccc([N+](=O)[O-])cc2)C(C#N)(C#N)C1c1ccc([N+](=O)[O-])cc1. The van der Waals surface area contributed by atoms with Gasteiger partial charge >= 0.3 is 5.97 Å². The lowest BCUT2D eigenvalue weighted by Gasteiger charge is -2.44. The van der Waals surface area contributed by atoms with Crippen LogP contribution in [0.2, 0.25) is 0 Å². The number of nitrogens with zero attached hydrogens (tertiary/aromatic N) is 4. The predicted octanol–water partition coefficient (Wildman–Crippen LogP) is 2.67. The number of esters is 1. The molecule has 12 heteroatoms. The Kier molecular flexibility index (Phi) is 6.54. The molecule has 0 spiro atoms. The summed E-state index contributed by atoms with van der Waals surface area (Å²) < 4.78 is 5.03. The number of carbonyl (C=O) groups is 2. The van der Waals surface area contributed by atoms with Crippen LogP contribution >= 0.6 is 0 Å². The zero-order chi connectivity index (χ0) is 25.0. The number of nitro benzene ring substituents is 2. The highest BCUT2D eigenvalue weighted by Crippen LogP contribution is 2.52. The Hall–Kier alpha value is -4.84. The standard InChI is InChI=1S/C22H17N5O7/c1-2-34-21(29)17-18(13-3-7-15(8-4-13)26(30)31)22(11-23,12-24)19(25-20(17)28)14-5-9-16(10-6-14)27(32)33/h3-10,17-19H,2H2,1H3,(H,25,28). The third-order valence-corrected chi connectivity index (χ3v) is 5.66. The summed E-state index contributed by atoms with van der Waals surface area (Å²) in [4.78, 5) is 46.7. The van der Waals surface area contributed by atoms with Gasteiger partial charge in [0, 0.05) is 30.2 Å². The maximum atomic E-state index is 13.1. The molecule has 1 amide bonds. The van der Waals surface area contributed by atoms with Gasteiger partial charge in [0.1, 0.15) is 5.92 Å². The number of nitriles is 2. The molecule has 1 aliphatic heterocycles. The van der Waals surface area contributed by atoms with Gasteiger partial charge in [-0.05, 0) is 18.1 Å². The highest BCUT2D eigenvalue weighted by atomic mass is 16.6. The van der Waals surface area contributed by atoms with E-state index in [1.165, 1.54) is 43.3 Å². The topological polar surface area (TPSA) is 189 Å². The summed E-state index contributed by atoms with van der Waals surface area (Å²) in [6, 6.07) is 12.4. The van der Waals surface area contributed by atoms with Gasteiger partial charge in [0.25, 0.3) is 11.4 Å². The molecule has 1 aliphatic rings. The summed E-state index contributed by atoms with van der Waals surface area (Å²) in [5.41, 5.74) is -2.15. The molecule has 34 heavy (non-hydrogen) atoms. The van der Waals surface area contributed by atoms with Crippen molar-refractivity contribution in [2.24, 2.45) is 11.3 Å². The van der Waals surface area contributed by atoms with Crippen LogP contribution in [0.4, 0.5) is 11.4 Å². The quantitative estimate of drug-likeness (QED) is 0.290. The number of benzene rings is 2. The van der Waals surface area contributed by atoms with Crippen molar-refractivity contribution < 1.29 is 24.2 Å². The average Bonchev–Trinajstić information content (AvgIpc) is 2.83. The number of nitrogens with one attached hydrogen (secondary N) is 1. The van der Waals surface area contributed by atoms with Gasteiger partial charge in [-0.1, -0.05) is 24.3 Å². The number of rotatable bonds is 6. The number of hydrogen-bond donors (Lipinski definition) is 1. The Morgan fingerprint density at radius 2 is 1.47 bits per heavy atom. The molecule has 0 saturated carbocycles. The molecule has 1 N–H and O–H groups in total. The van der Waals surface area contributed by atoms with E-state index in [-0.39, 0.29) is 29.1 Å². The van der Waals surface area contributed by atoms with Crippen LogP contribution in [-0.2, 0) is 14.3 Å². The minimum absolute atomic E-state index is 0.0620. The van der Waals surface area contributed by atoms with Crippen molar-refractivity contribution in [3.63, 3.8) is 0 Å². The summed E-state index contributed by atoms with van der Waals surface area (Å²) in [7, 11) is 0. The Balaban J connectivity index is 2.22. The molecule has 0 aromatic heterocycles. The maximum Gasteiger partial charge on any atom is 0.319 e. The first-order valence-electron chi connectivity index (χ1n) is 9.98. The molecule has 3 rings (SSSR count). The number of carbonyl (C=O) groups excluding carboxylic acids is 2. The summed E-state index contributed by atoms with van der Waals surface area (Å²) in [5, 5.41) is 45.0. The van der Waals surface area contributed by atoms with Crippen LogP contribution < -0.4 is 5.32 Å². The molecule has 12 nitrogen and oxygen atoms in total. The van der Waals surface area contributed by atoms with Crippen LogP contribution in [0.3, 0.4) is 0 Å².